The standard InChI is InChI=1S/C24H20FN7O/c1-16-22-20(18-5-3-2-4-6-18)11-12-26-23(22)32(29-16)14-21(33)28-24-27-15-31(30-24)13-17-7-9-19(25)10-8-17/h2-12,15H,13-14H2,1H3,(H,28,30,33). The zero-order valence-corrected chi connectivity index (χ0v) is 17.8. The Morgan fingerprint density at radius 3 is 2.58 bits per heavy atom. The first kappa shape index (κ1) is 20.5. The van der Waals surface area contributed by atoms with Crippen molar-refractivity contribution in [3.63, 3.8) is 0 Å². The lowest BCUT2D eigenvalue weighted by atomic mass is 10.0. The number of rotatable bonds is 6. The molecule has 5 rings (SSSR count). The largest absolute Gasteiger partial charge is 0.292 e. The summed E-state index contributed by atoms with van der Waals surface area (Å²) in [6, 6.07) is 18.1. The van der Waals surface area contributed by atoms with Crippen LogP contribution >= 0.6 is 0 Å². The zero-order valence-electron chi connectivity index (χ0n) is 17.8. The SMILES string of the molecule is Cc1nn(CC(=O)Nc2ncn(Cc3ccc(F)cc3)n2)c2nccc(-c3ccccc3)c12. The molecular formula is C24H20FN7O. The average Bonchev–Trinajstić information content (AvgIpc) is 3.39. The number of aryl methyl sites for hydroxylation is 1. The second kappa shape index (κ2) is 8.62. The molecule has 3 heterocycles. The van der Waals surface area contributed by atoms with E-state index in [1.807, 2.05) is 43.3 Å². The van der Waals surface area contributed by atoms with Crippen LogP contribution in [0.5, 0.6) is 0 Å². The van der Waals surface area contributed by atoms with E-state index in [-0.39, 0.29) is 24.2 Å². The predicted molar refractivity (Wildman–Crippen MR) is 122 cm³/mol. The predicted octanol–water partition coefficient (Wildman–Crippen LogP) is 3.82. The van der Waals surface area contributed by atoms with E-state index >= 15 is 0 Å². The van der Waals surface area contributed by atoms with Gasteiger partial charge in [-0.15, -0.1) is 5.10 Å². The van der Waals surface area contributed by atoms with Gasteiger partial charge in [0.2, 0.25) is 11.9 Å². The summed E-state index contributed by atoms with van der Waals surface area (Å²) in [4.78, 5) is 21.3. The minimum atomic E-state index is -0.314. The molecule has 0 bridgehead atoms. The van der Waals surface area contributed by atoms with Crippen molar-refractivity contribution in [3.8, 4) is 11.1 Å². The van der Waals surface area contributed by atoms with Gasteiger partial charge in [0.15, 0.2) is 5.65 Å². The molecule has 0 aliphatic rings. The van der Waals surface area contributed by atoms with Crippen LogP contribution in [0.1, 0.15) is 11.3 Å². The van der Waals surface area contributed by atoms with Crippen LogP contribution in [0.3, 0.4) is 0 Å². The van der Waals surface area contributed by atoms with Gasteiger partial charge in [-0.3, -0.25) is 10.1 Å². The Kier molecular flexibility index (Phi) is 5.35. The third-order valence-electron chi connectivity index (χ3n) is 5.23. The molecule has 33 heavy (non-hydrogen) atoms. The van der Waals surface area contributed by atoms with Crippen LogP contribution < -0.4 is 5.32 Å². The quantitative estimate of drug-likeness (QED) is 0.433. The second-order valence-electron chi connectivity index (χ2n) is 7.61. The molecule has 0 spiro atoms. The van der Waals surface area contributed by atoms with Gasteiger partial charge in [0, 0.05) is 11.6 Å². The Hall–Kier alpha value is -4.40. The highest BCUT2D eigenvalue weighted by atomic mass is 19.1. The molecule has 2 aromatic carbocycles. The summed E-state index contributed by atoms with van der Waals surface area (Å²) in [5, 5.41) is 12.4. The second-order valence-corrected chi connectivity index (χ2v) is 7.61. The van der Waals surface area contributed by atoms with E-state index in [1.165, 1.54) is 18.5 Å². The number of hydrogen-bond acceptors (Lipinski definition) is 5. The van der Waals surface area contributed by atoms with E-state index in [9.17, 15) is 9.18 Å². The monoisotopic (exact) mass is 441 g/mol. The number of anilines is 1. The van der Waals surface area contributed by atoms with Crippen LogP contribution in [-0.4, -0.2) is 35.4 Å². The van der Waals surface area contributed by atoms with E-state index in [0.29, 0.717) is 12.2 Å². The Balaban J connectivity index is 1.32. The summed E-state index contributed by atoms with van der Waals surface area (Å²) >= 11 is 0. The fraction of sp³-hybridized carbons (Fsp3) is 0.125. The number of pyridine rings is 1. The van der Waals surface area contributed by atoms with Crippen molar-refractivity contribution in [2.24, 2.45) is 0 Å². The van der Waals surface area contributed by atoms with E-state index in [0.717, 1.165) is 27.8 Å². The van der Waals surface area contributed by atoms with Crippen LogP contribution in [0.2, 0.25) is 0 Å². The highest BCUT2D eigenvalue weighted by Crippen LogP contribution is 2.29. The highest BCUT2D eigenvalue weighted by Gasteiger charge is 2.16. The molecular weight excluding hydrogens is 421 g/mol. The smallest absolute Gasteiger partial charge is 0.248 e. The maximum atomic E-state index is 13.1. The summed E-state index contributed by atoms with van der Waals surface area (Å²) in [6.45, 7) is 2.30. The summed E-state index contributed by atoms with van der Waals surface area (Å²) in [7, 11) is 0. The van der Waals surface area contributed by atoms with E-state index in [1.54, 1.807) is 27.7 Å². The molecule has 9 heteroatoms. The molecule has 0 saturated carbocycles. The maximum absolute atomic E-state index is 13.1. The summed E-state index contributed by atoms with van der Waals surface area (Å²) in [6.07, 6.45) is 3.24. The number of amides is 1. The first-order valence-corrected chi connectivity index (χ1v) is 10.4. The molecule has 0 fully saturated rings. The van der Waals surface area contributed by atoms with Gasteiger partial charge in [-0.1, -0.05) is 42.5 Å². The lowest BCUT2D eigenvalue weighted by Gasteiger charge is -2.05. The fourth-order valence-electron chi connectivity index (χ4n) is 3.76. The minimum Gasteiger partial charge on any atom is -0.292 e. The normalized spacial score (nSPS) is 11.1. The van der Waals surface area contributed by atoms with Crippen molar-refractivity contribution in [2.45, 2.75) is 20.0 Å². The molecule has 8 nitrogen and oxygen atoms in total. The Morgan fingerprint density at radius 1 is 1.00 bits per heavy atom. The summed E-state index contributed by atoms with van der Waals surface area (Å²) < 4.78 is 16.2. The van der Waals surface area contributed by atoms with E-state index in [4.69, 9.17) is 0 Å². The third-order valence-corrected chi connectivity index (χ3v) is 5.23. The van der Waals surface area contributed by atoms with Gasteiger partial charge in [0.25, 0.3) is 0 Å². The minimum absolute atomic E-state index is 0.0257. The first-order chi connectivity index (χ1) is 16.1. The molecule has 5 aromatic rings. The molecule has 0 atom stereocenters. The van der Waals surface area contributed by atoms with Crippen molar-refractivity contribution in [1.82, 2.24) is 29.5 Å². The number of aromatic nitrogens is 6. The number of carbonyl (C=O) groups is 1. The van der Waals surface area contributed by atoms with Crippen LogP contribution in [0.4, 0.5) is 10.3 Å². The van der Waals surface area contributed by atoms with Crippen LogP contribution in [-0.2, 0) is 17.9 Å². The number of nitrogens with one attached hydrogen (secondary N) is 1. The van der Waals surface area contributed by atoms with E-state index in [2.05, 4.69) is 25.5 Å². The molecule has 164 valence electrons. The van der Waals surface area contributed by atoms with Gasteiger partial charge < -0.3 is 0 Å². The molecule has 0 aliphatic carbocycles. The number of hydrogen-bond donors (Lipinski definition) is 1. The van der Waals surface area contributed by atoms with Gasteiger partial charge in [0.05, 0.1) is 12.2 Å². The molecule has 1 N–H and O–H groups in total. The Labute approximate surface area is 188 Å². The van der Waals surface area contributed by atoms with Crippen molar-refractivity contribution in [1.29, 1.82) is 0 Å². The van der Waals surface area contributed by atoms with Crippen LogP contribution in [0.15, 0.2) is 73.2 Å². The van der Waals surface area contributed by atoms with Gasteiger partial charge in [-0.2, -0.15) is 5.10 Å². The Morgan fingerprint density at radius 2 is 1.79 bits per heavy atom. The van der Waals surface area contributed by atoms with Gasteiger partial charge >= 0.3 is 0 Å². The van der Waals surface area contributed by atoms with Crippen molar-refractivity contribution >= 4 is 22.9 Å². The topological polar surface area (TPSA) is 90.5 Å². The fourth-order valence-corrected chi connectivity index (χ4v) is 3.76. The summed E-state index contributed by atoms with van der Waals surface area (Å²) in [5.41, 5.74) is 4.39. The van der Waals surface area contributed by atoms with Crippen molar-refractivity contribution in [2.75, 3.05) is 5.32 Å². The lowest BCUT2D eigenvalue weighted by Crippen LogP contribution is -2.20. The first-order valence-electron chi connectivity index (χ1n) is 10.4. The molecule has 0 aliphatic heterocycles. The van der Waals surface area contributed by atoms with Gasteiger partial charge in [0.1, 0.15) is 18.7 Å². The third kappa shape index (κ3) is 4.33. The Bertz CT molecular complexity index is 1420. The molecule has 1 amide bonds. The van der Waals surface area contributed by atoms with Crippen LogP contribution in [0, 0.1) is 12.7 Å². The average molecular weight is 441 g/mol. The van der Waals surface area contributed by atoms with E-state index < -0.39 is 0 Å². The molecule has 0 saturated heterocycles. The number of nitrogens with zero attached hydrogens (tertiary/aromatic N) is 6. The van der Waals surface area contributed by atoms with Crippen molar-refractivity contribution in [3.05, 3.63) is 90.3 Å². The molecule has 0 radical (unpaired) electrons. The summed E-state index contributed by atoms with van der Waals surface area (Å²) in [5.74, 6) is -0.420. The number of carbonyl (C=O) groups excluding carboxylic acids is 1. The maximum Gasteiger partial charge on any atom is 0.248 e. The highest BCUT2D eigenvalue weighted by molar-refractivity contribution is 5.96. The zero-order chi connectivity index (χ0) is 22.8. The van der Waals surface area contributed by atoms with Crippen LogP contribution in [0.25, 0.3) is 22.2 Å². The number of halogens is 1. The van der Waals surface area contributed by atoms with Crippen molar-refractivity contribution < 1.29 is 9.18 Å². The number of fused-ring (bicyclic) bond motifs is 1. The molecule has 3 aromatic heterocycles. The van der Waals surface area contributed by atoms with Gasteiger partial charge in [-0.25, -0.2) is 23.7 Å². The molecule has 0 unspecified atom stereocenters. The number of benzene rings is 2. The van der Waals surface area contributed by atoms with Gasteiger partial charge in [-0.05, 0) is 41.8 Å². The lowest BCUT2D eigenvalue weighted by molar-refractivity contribution is -0.116.